The van der Waals surface area contributed by atoms with Crippen molar-refractivity contribution in [3.63, 3.8) is 0 Å². The summed E-state index contributed by atoms with van der Waals surface area (Å²) < 4.78 is 0. The maximum atomic E-state index is 12.0. The van der Waals surface area contributed by atoms with Gasteiger partial charge in [-0.05, 0) is 13.8 Å². The van der Waals surface area contributed by atoms with Crippen molar-refractivity contribution in [1.29, 1.82) is 0 Å². The molecule has 0 fully saturated rings. The molecule has 15 heavy (non-hydrogen) atoms. The van der Waals surface area contributed by atoms with Crippen LogP contribution in [0, 0.1) is 0 Å². The Kier molecular flexibility index (Phi) is 4.35. The molecule has 0 aromatic carbocycles. The predicted octanol–water partition coefficient (Wildman–Crippen LogP) is 1.95. The zero-order valence-electron chi connectivity index (χ0n) is 8.79. The number of carbonyl (C=O) groups excluding carboxylic acids is 1. The summed E-state index contributed by atoms with van der Waals surface area (Å²) in [6, 6.07) is 0. The minimum absolute atomic E-state index is 0.0372. The van der Waals surface area contributed by atoms with Gasteiger partial charge in [0.05, 0.1) is 11.6 Å². The monoisotopic (exact) mass is 247 g/mol. The number of nitrogens with zero attached hydrogens (tertiary/aromatic N) is 2. The lowest BCUT2D eigenvalue weighted by atomic mass is 10.3. The minimum Gasteiger partial charge on any atom is -0.375 e. The van der Waals surface area contributed by atoms with Gasteiger partial charge >= 0.3 is 0 Å². The van der Waals surface area contributed by atoms with Crippen molar-refractivity contribution in [3.8, 4) is 0 Å². The predicted molar refractivity (Wildman–Crippen MR) is 63.3 cm³/mol. The van der Waals surface area contributed by atoms with Gasteiger partial charge in [-0.2, -0.15) is 0 Å². The first-order chi connectivity index (χ1) is 7.13. The van der Waals surface area contributed by atoms with E-state index >= 15 is 0 Å². The number of rotatable bonds is 4. The first-order valence-corrected chi connectivity index (χ1v) is 6.09. The van der Waals surface area contributed by atoms with Gasteiger partial charge in [0.1, 0.15) is 4.88 Å². The van der Waals surface area contributed by atoms with Crippen LogP contribution in [0.15, 0.2) is 0 Å². The summed E-state index contributed by atoms with van der Waals surface area (Å²) in [5.74, 6) is 0.181. The second-order valence-corrected chi connectivity index (χ2v) is 4.24. The number of thiazole rings is 1. The standard InChI is InChI=1S/C9H14ClN3OS/c1-3-13(4-2)8(14)7-6(5-10)12-9(11)15-7/h3-5H2,1-2H3,(H2,11,12). The van der Waals surface area contributed by atoms with E-state index in [4.69, 9.17) is 17.3 Å². The second-order valence-electron chi connectivity index (χ2n) is 2.94. The number of aromatic nitrogens is 1. The van der Waals surface area contributed by atoms with E-state index in [2.05, 4.69) is 4.98 Å². The lowest BCUT2D eigenvalue weighted by molar-refractivity contribution is 0.0777. The summed E-state index contributed by atoms with van der Waals surface area (Å²) in [6.07, 6.45) is 0. The lowest BCUT2D eigenvalue weighted by Crippen LogP contribution is -2.30. The normalized spacial score (nSPS) is 10.3. The summed E-state index contributed by atoms with van der Waals surface area (Å²) in [5, 5.41) is 0.390. The highest BCUT2D eigenvalue weighted by atomic mass is 35.5. The zero-order chi connectivity index (χ0) is 11.4. The van der Waals surface area contributed by atoms with Crippen LogP contribution in [0.3, 0.4) is 0 Å². The topological polar surface area (TPSA) is 59.2 Å². The zero-order valence-corrected chi connectivity index (χ0v) is 10.4. The first kappa shape index (κ1) is 12.3. The van der Waals surface area contributed by atoms with Crippen molar-refractivity contribution in [3.05, 3.63) is 10.6 Å². The van der Waals surface area contributed by atoms with E-state index in [-0.39, 0.29) is 11.8 Å². The van der Waals surface area contributed by atoms with Gasteiger partial charge in [-0.1, -0.05) is 11.3 Å². The van der Waals surface area contributed by atoms with Gasteiger partial charge in [0.15, 0.2) is 5.13 Å². The number of halogens is 1. The lowest BCUT2D eigenvalue weighted by Gasteiger charge is -2.17. The van der Waals surface area contributed by atoms with Crippen molar-refractivity contribution < 1.29 is 4.79 Å². The van der Waals surface area contributed by atoms with Gasteiger partial charge in [-0.25, -0.2) is 4.98 Å². The Morgan fingerprint density at radius 2 is 2.13 bits per heavy atom. The number of nitrogens with two attached hydrogens (primary N) is 1. The molecular formula is C9H14ClN3OS. The highest BCUT2D eigenvalue weighted by molar-refractivity contribution is 7.17. The number of hydrogen-bond donors (Lipinski definition) is 1. The van der Waals surface area contributed by atoms with Gasteiger partial charge in [-0.15, -0.1) is 11.6 Å². The van der Waals surface area contributed by atoms with E-state index in [1.165, 1.54) is 11.3 Å². The maximum Gasteiger partial charge on any atom is 0.265 e. The summed E-state index contributed by atoms with van der Waals surface area (Å²) in [5.41, 5.74) is 6.13. The van der Waals surface area contributed by atoms with E-state index in [9.17, 15) is 4.79 Å². The van der Waals surface area contributed by atoms with Crippen LogP contribution in [0.4, 0.5) is 5.13 Å². The Morgan fingerprint density at radius 3 is 2.60 bits per heavy atom. The van der Waals surface area contributed by atoms with Crippen LogP contribution in [0.2, 0.25) is 0 Å². The van der Waals surface area contributed by atoms with Crippen molar-refractivity contribution in [2.24, 2.45) is 0 Å². The molecule has 2 N–H and O–H groups in total. The number of carbonyl (C=O) groups is 1. The van der Waals surface area contributed by atoms with Gasteiger partial charge in [0.25, 0.3) is 5.91 Å². The Morgan fingerprint density at radius 1 is 1.53 bits per heavy atom. The van der Waals surface area contributed by atoms with Crippen LogP contribution in [0.25, 0.3) is 0 Å². The molecule has 0 radical (unpaired) electrons. The minimum atomic E-state index is -0.0372. The van der Waals surface area contributed by atoms with Crippen LogP contribution in [-0.2, 0) is 5.88 Å². The Labute approximate surface area is 98.0 Å². The second kappa shape index (κ2) is 5.32. The molecule has 0 atom stereocenters. The van der Waals surface area contributed by atoms with E-state index in [0.717, 1.165) is 0 Å². The van der Waals surface area contributed by atoms with Crippen LogP contribution < -0.4 is 5.73 Å². The molecular weight excluding hydrogens is 234 g/mol. The fourth-order valence-corrected chi connectivity index (χ4v) is 2.37. The van der Waals surface area contributed by atoms with E-state index in [1.54, 1.807) is 4.90 Å². The molecule has 1 rings (SSSR count). The molecule has 0 aliphatic heterocycles. The largest absolute Gasteiger partial charge is 0.375 e. The molecule has 1 amide bonds. The van der Waals surface area contributed by atoms with Crippen LogP contribution in [0.1, 0.15) is 29.2 Å². The van der Waals surface area contributed by atoms with Crippen LogP contribution in [0.5, 0.6) is 0 Å². The van der Waals surface area contributed by atoms with E-state index in [0.29, 0.717) is 28.8 Å². The van der Waals surface area contributed by atoms with Gasteiger partial charge in [0.2, 0.25) is 0 Å². The van der Waals surface area contributed by atoms with Crippen molar-refractivity contribution in [2.75, 3.05) is 18.8 Å². The van der Waals surface area contributed by atoms with Gasteiger partial charge < -0.3 is 10.6 Å². The Hall–Kier alpha value is -0.810. The van der Waals surface area contributed by atoms with Gasteiger partial charge in [-0.3, -0.25) is 4.79 Å². The molecule has 1 aromatic heterocycles. The molecule has 4 nitrogen and oxygen atoms in total. The van der Waals surface area contributed by atoms with Gasteiger partial charge in [0, 0.05) is 13.1 Å². The number of anilines is 1. The highest BCUT2D eigenvalue weighted by Gasteiger charge is 2.20. The molecule has 0 saturated carbocycles. The summed E-state index contributed by atoms with van der Waals surface area (Å²) in [6.45, 7) is 5.22. The molecule has 84 valence electrons. The van der Waals surface area contributed by atoms with Crippen molar-refractivity contribution in [1.82, 2.24) is 9.88 Å². The van der Waals surface area contributed by atoms with Crippen molar-refractivity contribution >= 4 is 34.0 Å². The Bertz CT molecular complexity index is 349. The number of nitrogen functional groups attached to an aromatic ring is 1. The van der Waals surface area contributed by atoms with E-state index in [1.807, 2.05) is 13.8 Å². The smallest absolute Gasteiger partial charge is 0.265 e. The third-order valence-corrected chi connectivity index (χ3v) is 3.25. The molecule has 0 spiro atoms. The van der Waals surface area contributed by atoms with Crippen LogP contribution >= 0.6 is 22.9 Å². The molecule has 0 unspecified atom stereocenters. The first-order valence-electron chi connectivity index (χ1n) is 4.74. The quantitative estimate of drug-likeness (QED) is 0.828. The molecule has 0 aliphatic carbocycles. The SMILES string of the molecule is CCN(CC)C(=O)c1sc(N)nc1CCl. The van der Waals surface area contributed by atoms with Crippen molar-refractivity contribution in [2.45, 2.75) is 19.7 Å². The average molecular weight is 248 g/mol. The highest BCUT2D eigenvalue weighted by Crippen LogP contribution is 2.23. The molecule has 6 heteroatoms. The molecule has 0 aliphatic rings. The number of alkyl halides is 1. The van der Waals surface area contributed by atoms with E-state index < -0.39 is 0 Å². The fraction of sp³-hybridized carbons (Fsp3) is 0.556. The number of hydrogen-bond acceptors (Lipinski definition) is 4. The average Bonchev–Trinajstić information content (AvgIpc) is 2.61. The summed E-state index contributed by atoms with van der Waals surface area (Å²) in [7, 11) is 0. The Balaban J connectivity index is 2.98. The fourth-order valence-electron chi connectivity index (χ4n) is 1.28. The molecule has 0 saturated heterocycles. The third-order valence-electron chi connectivity index (χ3n) is 2.09. The number of amides is 1. The summed E-state index contributed by atoms with van der Waals surface area (Å²) >= 11 is 6.90. The molecule has 0 bridgehead atoms. The molecule has 1 heterocycles. The maximum absolute atomic E-state index is 12.0. The van der Waals surface area contributed by atoms with Crippen LogP contribution in [-0.4, -0.2) is 28.9 Å². The molecule has 1 aromatic rings. The third kappa shape index (κ3) is 2.60. The summed E-state index contributed by atoms with van der Waals surface area (Å²) in [4.78, 5) is 18.3.